The summed E-state index contributed by atoms with van der Waals surface area (Å²) in [7, 11) is 0. The molecule has 1 aromatic heterocycles. The van der Waals surface area contributed by atoms with E-state index in [1.165, 1.54) is 0 Å². The van der Waals surface area contributed by atoms with Crippen molar-refractivity contribution in [3.8, 4) is 6.01 Å². The smallest absolute Gasteiger partial charge is 0.316 e. The summed E-state index contributed by atoms with van der Waals surface area (Å²) in [5.74, 6) is 1.28. The molecule has 86 valence electrons. The van der Waals surface area contributed by atoms with Gasteiger partial charge in [0.25, 0.3) is 0 Å². The first-order chi connectivity index (χ1) is 7.75. The maximum Gasteiger partial charge on any atom is 0.316 e. The number of allylic oxidation sites excluding steroid dienone is 2. The van der Waals surface area contributed by atoms with Crippen LogP contribution in [0.1, 0.15) is 19.8 Å². The maximum absolute atomic E-state index is 5.61. The second-order valence-corrected chi connectivity index (χ2v) is 5.42. The normalized spacial score (nSPS) is 24.4. The summed E-state index contributed by atoms with van der Waals surface area (Å²) >= 11 is 2.18. The number of ether oxygens (including phenoxy) is 1. The lowest BCUT2D eigenvalue weighted by Crippen LogP contribution is -2.21. The molecule has 1 aliphatic carbocycles. The van der Waals surface area contributed by atoms with E-state index in [2.05, 4.69) is 51.6 Å². The van der Waals surface area contributed by atoms with Crippen molar-refractivity contribution in [3.05, 3.63) is 28.1 Å². The van der Waals surface area contributed by atoms with Crippen LogP contribution in [0, 0.1) is 15.4 Å². The second kappa shape index (κ2) is 5.61. The van der Waals surface area contributed by atoms with Crippen LogP contribution in [0.2, 0.25) is 0 Å². The van der Waals surface area contributed by atoms with Gasteiger partial charge in [0.05, 0.1) is 6.61 Å². The Morgan fingerprint density at radius 2 is 2.00 bits per heavy atom. The molecule has 0 aliphatic heterocycles. The first kappa shape index (κ1) is 11.8. The Hall–Kier alpha value is -0.650. The van der Waals surface area contributed by atoms with E-state index in [1.54, 1.807) is 12.4 Å². The van der Waals surface area contributed by atoms with Crippen LogP contribution in [0.15, 0.2) is 24.5 Å². The highest BCUT2D eigenvalue weighted by Crippen LogP contribution is 2.25. The molecule has 4 heteroatoms. The molecule has 0 N–H and O–H groups in total. The molecule has 0 fully saturated rings. The molecule has 0 aromatic carbocycles. The molecule has 0 spiro atoms. The summed E-state index contributed by atoms with van der Waals surface area (Å²) in [6.45, 7) is 2.98. The molecular formula is C12H15IN2O. The molecule has 0 saturated carbocycles. The van der Waals surface area contributed by atoms with Crippen molar-refractivity contribution in [1.82, 2.24) is 9.97 Å². The number of hydrogen-bond acceptors (Lipinski definition) is 3. The topological polar surface area (TPSA) is 35.0 Å². The van der Waals surface area contributed by atoms with Gasteiger partial charge < -0.3 is 4.74 Å². The van der Waals surface area contributed by atoms with E-state index < -0.39 is 0 Å². The predicted octanol–water partition coefficient (Wildman–Crippen LogP) is 3.06. The third-order valence-corrected chi connectivity index (χ3v) is 3.50. The molecule has 1 heterocycles. The van der Waals surface area contributed by atoms with E-state index >= 15 is 0 Å². The standard InChI is InChI=1S/C12H15IN2O/c1-9-4-2-3-5-10(9)8-16-12-14-6-11(13)7-15-12/h2-3,6-7,9-10H,4-5,8H2,1H3. The van der Waals surface area contributed by atoms with Crippen molar-refractivity contribution >= 4 is 22.6 Å². The van der Waals surface area contributed by atoms with Crippen LogP contribution in [0.3, 0.4) is 0 Å². The number of halogens is 1. The Labute approximate surface area is 109 Å². The Kier molecular flexibility index (Phi) is 4.15. The second-order valence-electron chi connectivity index (χ2n) is 4.18. The third-order valence-electron chi connectivity index (χ3n) is 2.94. The van der Waals surface area contributed by atoms with Gasteiger partial charge in [-0.25, -0.2) is 9.97 Å². The van der Waals surface area contributed by atoms with Crippen molar-refractivity contribution in [3.63, 3.8) is 0 Å². The fourth-order valence-corrected chi connectivity index (χ4v) is 2.07. The zero-order valence-corrected chi connectivity index (χ0v) is 11.4. The number of nitrogens with zero attached hydrogens (tertiary/aromatic N) is 2. The van der Waals surface area contributed by atoms with Gasteiger partial charge in [-0.3, -0.25) is 0 Å². The van der Waals surface area contributed by atoms with Crippen LogP contribution in [-0.2, 0) is 0 Å². The van der Waals surface area contributed by atoms with Gasteiger partial charge in [0.15, 0.2) is 0 Å². The average Bonchev–Trinajstić information content (AvgIpc) is 2.30. The van der Waals surface area contributed by atoms with Crippen molar-refractivity contribution in [2.24, 2.45) is 11.8 Å². The number of aromatic nitrogens is 2. The van der Waals surface area contributed by atoms with Gasteiger partial charge in [-0.15, -0.1) is 0 Å². The van der Waals surface area contributed by atoms with Crippen molar-refractivity contribution in [2.75, 3.05) is 6.61 Å². The van der Waals surface area contributed by atoms with Gasteiger partial charge >= 0.3 is 6.01 Å². The van der Waals surface area contributed by atoms with Crippen molar-refractivity contribution < 1.29 is 4.74 Å². The summed E-state index contributed by atoms with van der Waals surface area (Å²) < 4.78 is 6.64. The number of rotatable bonds is 3. The largest absolute Gasteiger partial charge is 0.463 e. The molecule has 0 bridgehead atoms. The SMILES string of the molecule is CC1CC=CCC1COc1ncc(I)cn1. The van der Waals surface area contributed by atoms with E-state index in [-0.39, 0.29) is 0 Å². The minimum absolute atomic E-state index is 0.488. The molecule has 2 rings (SSSR count). The number of hydrogen-bond donors (Lipinski definition) is 0. The molecule has 16 heavy (non-hydrogen) atoms. The summed E-state index contributed by atoms with van der Waals surface area (Å²) in [6.07, 6.45) is 10.3. The Bertz CT molecular complexity index is 364. The molecule has 3 nitrogen and oxygen atoms in total. The molecule has 1 aromatic rings. The van der Waals surface area contributed by atoms with Crippen molar-refractivity contribution in [2.45, 2.75) is 19.8 Å². The van der Waals surface area contributed by atoms with Gasteiger partial charge in [-0.05, 0) is 47.3 Å². The molecule has 2 unspecified atom stereocenters. The molecule has 0 amide bonds. The molecular weight excluding hydrogens is 315 g/mol. The van der Waals surface area contributed by atoms with E-state index in [0.29, 0.717) is 24.5 Å². The van der Waals surface area contributed by atoms with Crippen molar-refractivity contribution in [1.29, 1.82) is 0 Å². The first-order valence-electron chi connectivity index (χ1n) is 5.51. The van der Waals surface area contributed by atoms with Crippen LogP contribution in [0.25, 0.3) is 0 Å². The van der Waals surface area contributed by atoms with E-state index in [0.717, 1.165) is 16.4 Å². The Balaban J connectivity index is 1.87. The summed E-state index contributed by atoms with van der Waals surface area (Å²) in [5.41, 5.74) is 0. The van der Waals surface area contributed by atoms with Crippen LogP contribution < -0.4 is 4.74 Å². The highest BCUT2D eigenvalue weighted by molar-refractivity contribution is 14.1. The average molecular weight is 330 g/mol. The van der Waals surface area contributed by atoms with Crippen LogP contribution in [0.4, 0.5) is 0 Å². The zero-order valence-electron chi connectivity index (χ0n) is 9.27. The third kappa shape index (κ3) is 3.17. The van der Waals surface area contributed by atoms with Gasteiger partial charge in [-0.1, -0.05) is 19.1 Å². The van der Waals surface area contributed by atoms with Gasteiger partial charge in [-0.2, -0.15) is 0 Å². The van der Waals surface area contributed by atoms with Crippen LogP contribution >= 0.6 is 22.6 Å². The minimum atomic E-state index is 0.488. The molecule has 2 atom stereocenters. The van der Waals surface area contributed by atoms with Crippen LogP contribution in [-0.4, -0.2) is 16.6 Å². The van der Waals surface area contributed by atoms with Crippen LogP contribution in [0.5, 0.6) is 6.01 Å². The summed E-state index contributed by atoms with van der Waals surface area (Å²) in [6, 6.07) is 0.488. The highest BCUT2D eigenvalue weighted by Gasteiger charge is 2.19. The lowest BCUT2D eigenvalue weighted by molar-refractivity contribution is 0.186. The lowest BCUT2D eigenvalue weighted by atomic mass is 9.85. The highest BCUT2D eigenvalue weighted by atomic mass is 127. The summed E-state index contributed by atoms with van der Waals surface area (Å²) in [4.78, 5) is 8.26. The Morgan fingerprint density at radius 1 is 1.31 bits per heavy atom. The van der Waals surface area contributed by atoms with E-state index in [1.807, 2.05) is 0 Å². The predicted molar refractivity (Wildman–Crippen MR) is 71.3 cm³/mol. The Morgan fingerprint density at radius 3 is 2.69 bits per heavy atom. The fraction of sp³-hybridized carbons (Fsp3) is 0.500. The minimum Gasteiger partial charge on any atom is -0.463 e. The summed E-state index contributed by atoms with van der Waals surface area (Å²) in [5, 5.41) is 0. The lowest BCUT2D eigenvalue weighted by Gasteiger charge is -2.24. The molecule has 1 aliphatic rings. The van der Waals surface area contributed by atoms with E-state index in [9.17, 15) is 0 Å². The fourth-order valence-electron chi connectivity index (χ4n) is 1.80. The maximum atomic E-state index is 5.61. The molecule has 0 radical (unpaired) electrons. The van der Waals surface area contributed by atoms with Gasteiger partial charge in [0.1, 0.15) is 0 Å². The first-order valence-corrected chi connectivity index (χ1v) is 6.59. The van der Waals surface area contributed by atoms with Gasteiger partial charge in [0, 0.05) is 16.0 Å². The van der Waals surface area contributed by atoms with Gasteiger partial charge in [0.2, 0.25) is 0 Å². The zero-order chi connectivity index (χ0) is 11.4. The molecule has 0 saturated heterocycles. The monoisotopic (exact) mass is 330 g/mol. The quantitative estimate of drug-likeness (QED) is 0.631. The van der Waals surface area contributed by atoms with E-state index in [4.69, 9.17) is 4.74 Å².